The van der Waals surface area contributed by atoms with E-state index >= 15 is 0 Å². The number of amides is 1. The first-order valence-corrected chi connectivity index (χ1v) is 8.77. The fourth-order valence-corrected chi connectivity index (χ4v) is 3.28. The molecule has 5 heteroatoms. The molecule has 0 atom stereocenters. The highest BCUT2D eigenvalue weighted by molar-refractivity contribution is 7.17. The van der Waals surface area contributed by atoms with Gasteiger partial charge in [-0.1, -0.05) is 24.3 Å². The number of carbonyl (C=O) groups excluding carboxylic acids is 1. The summed E-state index contributed by atoms with van der Waals surface area (Å²) >= 11 is 1.38. The smallest absolute Gasteiger partial charge is 0.261 e. The van der Waals surface area contributed by atoms with Gasteiger partial charge in [0.25, 0.3) is 5.91 Å². The summed E-state index contributed by atoms with van der Waals surface area (Å²) in [6.45, 7) is 2.84. The molecule has 128 valence electrons. The Labute approximate surface area is 150 Å². The van der Waals surface area contributed by atoms with Gasteiger partial charge in [-0.3, -0.25) is 4.79 Å². The summed E-state index contributed by atoms with van der Waals surface area (Å²) in [6.07, 6.45) is 0. The third kappa shape index (κ3) is 4.67. The summed E-state index contributed by atoms with van der Waals surface area (Å²) in [5.41, 5.74) is 2.03. The zero-order valence-corrected chi connectivity index (χ0v) is 14.6. The van der Waals surface area contributed by atoms with Gasteiger partial charge in [-0.05, 0) is 54.4 Å². The average Bonchev–Trinajstić information content (AvgIpc) is 3.09. The van der Waals surface area contributed by atoms with Crippen molar-refractivity contribution < 1.29 is 13.9 Å². The monoisotopic (exact) mass is 355 g/mol. The zero-order chi connectivity index (χ0) is 17.6. The Morgan fingerprint density at radius 1 is 1.12 bits per heavy atom. The number of rotatable bonds is 6. The van der Waals surface area contributed by atoms with Gasteiger partial charge in [0, 0.05) is 4.88 Å². The van der Waals surface area contributed by atoms with E-state index in [1.165, 1.54) is 23.5 Å². The highest BCUT2D eigenvalue weighted by Crippen LogP contribution is 2.28. The van der Waals surface area contributed by atoms with E-state index in [9.17, 15) is 9.18 Å². The minimum Gasteiger partial charge on any atom is -0.492 e. The molecule has 2 aromatic carbocycles. The molecular weight excluding hydrogens is 337 g/mol. The molecule has 0 saturated heterocycles. The number of hydrogen-bond donors (Lipinski definition) is 1. The molecule has 0 aliphatic carbocycles. The summed E-state index contributed by atoms with van der Waals surface area (Å²) < 4.78 is 18.6. The maximum Gasteiger partial charge on any atom is 0.261 e. The number of thiophene rings is 1. The lowest BCUT2D eigenvalue weighted by Gasteiger charge is -2.07. The summed E-state index contributed by atoms with van der Waals surface area (Å²) in [6, 6.07) is 17.7. The van der Waals surface area contributed by atoms with E-state index in [1.807, 2.05) is 37.3 Å². The van der Waals surface area contributed by atoms with Crippen LogP contribution in [-0.4, -0.2) is 19.1 Å². The van der Waals surface area contributed by atoms with Gasteiger partial charge in [0.1, 0.15) is 18.2 Å². The molecule has 1 aromatic heterocycles. The van der Waals surface area contributed by atoms with Crippen LogP contribution in [-0.2, 0) is 0 Å². The fourth-order valence-electron chi connectivity index (χ4n) is 2.35. The molecule has 0 fully saturated rings. The van der Waals surface area contributed by atoms with Crippen molar-refractivity contribution in [3.05, 3.63) is 76.9 Å². The molecule has 0 aliphatic heterocycles. The molecule has 1 heterocycles. The lowest BCUT2D eigenvalue weighted by molar-refractivity contribution is 0.0951. The number of aryl methyl sites for hydroxylation is 1. The first-order chi connectivity index (χ1) is 12.1. The van der Waals surface area contributed by atoms with Crippen molar-refractivity contribution in [2.45, 2.75) is 6.92 Å². The number of carbonyl (C=O) groups is 1. The Morgan fingerprint density at radius 2 is 1.92 bits per heavy atom. The Morgan fingerprint density at radius 3 is 2.68 bits per heavy atom. The van der Waals surface area contributed by atoms with Crippen LogP contribution in [0, 0.1) is 12.7 Å². The number of nitrogens with one attached hydrogen (secondary N) is 1. The van der Waals surface area contributed by atoms with Gasteiger partial charge in [0.15, 0.2) is 0 Å². The van der Waals surface area contributed by atoms with Crippen molar-refractivity contribution in [3.63, 3.8) is 0 Å². The minimum atomic E-state index is -0.271. The lowest BCUT2D eigenvalue weighted by Crippen LogP contribution is -2.27. The Kier molecular flexibility index (Phi) is 5.46. The third-order valence-corrected chi connectivity index (χ3v) is 4.74. The molecule has 1 N–H and O–H groups in total. The lowest BCUT2D eigenvalue weighted by atomic mass is 10.2. The van der Waals surface area contributed by atoms with Crippen molar-refractivity contribution in [2.24, 2.45) is 0 Å². The highest BCUT2D eigenvalue weighted by Gasteiger charge is 2.10. The number of ether oxygens (including phenoxy) is 1. The molecule has 3 aromatic rings. The fraction of sp³-hybridized carbons (Fsp3) is 0.150. The number of hydrogen-bond acceptors (Lipinski definition) is 3. The molecule has 3 rings (SSSR count). The van der Waals surface area contributed by atoms with E-state index in [4.69, 9.17) is 4.74 Å². The van der Waals surface area contributed by atoms with Crippen LogP contribution in [0.5, 0.6) is 5.75 Å². The van der Waals surface area contributed by atoms with Gasteiger partial charge < -0.3 is 10.1 Å². The Hall–Kier alpha value is -2.66. The van der Waals surface area contributed by atoms with Crippen molar-refractivity contribution in [3.8, 4) is 16.2 Å². The van der Waals surface area contributed by atoms with Gasteiger partial charge in [-0.2, -0.15) is 0 Å². The van der Waals surface area contributed by atoms with Crippen molar-refractivity contribution in [2.75, 3.05) is 13.2 Å². The quantitative estimate of drug-likeness (QED) is 0.653. The van der Waals surface area contributed by atoms with E-state index in [2.05, 4.69) is 5.32 Å². The van der Waals surface area contributed by atoms with Crippen LogP contribution >= 0.6 is 11.3 Å². The molecule has 0 bridgehead atoms. The van der Waals surface area contributed by atoms with Crippen LogP contribution in [0.4, 0.5) is 4.39 Å². The molecule has 0 unspecified atom stereocenters. The summed E-state index contributed by atoms with van der Waals surface area (Å²) in [7, 11) is 0. The topological polar surface area (TPSA) is 38.3 Å². The molecule has 0 saturated carbocycles. The predicted octanol–water partition coefficient (Wildman–Crippen LogP) is 4.67. The van der Waals surface area contributed by atoms with Crippen LogP contribution < -0.4 is 10.1 Å². The molecule has 25 heavy (non-hydrogen) atoms. The first-order valence-electron chi connectivity index (χ1n) is 7.95. The van der Waals surface area contributed by atoms with Crippen molar-refractivity contribution >= 4 is 17.2 Å². The highest BCUT2D eigenvalue weighted by atomic mass is 32.1. The van der Waals surface area contributed by atoms with Gasteiger partial charge in [-0.25, -0.2) is 4.39 Å². The molecular formula is C20H18FNO2S. The summed E-state index contributed by atoms with van der Waals surface area (Å²) in [4.78, 5) is 13.7. The molecule has 0 radical (unpaired) electrons. The van der Waals surface area contributed by atoms with Crippen LogP contribution in [0.2, 0.25) is 0 Å². The summed E-state index contributed by atoms with van der Waals surface area (Å²) in [5.74, 6) is 0.391. The van der Waals surface area contributed by atoms with Crippen molar-refractivity contribution in [1.82, 2.24) is 5.32 Å². The van der Waals surface area contributed by atoms with E-state index < -0.39 is 0 Å². The molecule has 1 amide bonds. The van der Waals surface area contributed by atoms with Gasteiger partial charge in [0.05, 0.1) is 11.4 Å². The van der Waals surface area contributed by atoms with E-state index in [0.29, 0.717) is 18.0 Å². The van der Waals surface area contributed by atoms with Gasteiger partial charge >= 0.3 is 0 Å². The van der Waals surface area contributed by atoms with Crippen LogP contribution in [0.3, 0.4) is 0 Å². The average molecular weight is 355 g/mol. The number of benzene rings is 2. The van der Waals surface area contributed by atoms with Crippen molar-refractivity contribution in [1.29, 1.82) is 0 Å². The Bertz CT molecular complexity index is 858. The SMILES string of the molecule is Cc1cccc(OCCNC(=O)c2ccc(-c3ccc(F)cc3)s2)c1. The van der Waals surface area contributed by atoms with E-state index in [-0.39, 0.29) is 11.7 Å². The predicted molar refractivity (Wildman–Crippen MR) is 98.7 cm³/mol. The van der Waals surface area contributed by atoms with Gasteiger partial charge in [-0.15, -0.1) is 11.3 Å². The second-order valence-corrected chi connectivity index (χ2v) is 6.68. The maximum absolute atomic E-state index is 13.0. The minimum absolute atomic E-state index is 0.133. The third-order valence-electron chi connectivity index (χ3n) is 3.60. The van der Waals surface area contributed by atoms with Crippen LogP contribution in [0.25, 0.3) is 10.4 Å². The van der Waals surface area contributed by atoms with Crippen LogP contribution in [0.1, 0.15) is 15.2 Å². The Balaban J connectivity index is 1.51. The normalized spacial score (nSPS) is 10.5. The number of halogens is 1. The van der Waals surface area contributed by atoms with E-state index in [1.54, 1.807) is 18.2 Å². The standard InChI is InChI=1S/C20H18FNO2S/c1-14-3-2-4-17(13-14)24-12-11-22-20(23)19-10-9-18(25-19)15-5-7-16(21)8-6-15/h2-10,13H,11-12H2,1H3,(H,22,23). The second kappa shape index (κ2) is 7.94. The molecule has 0 spiro atoms. The second-order valence-electron chi connectivity index (χ2n) is 5.59. The van der Waals surface area contributed by atoms with Gasteiger partial charge in [0.2, 0.25) is 0 Å². The summed E-state index contributed by atoms with van der Waals surface area (Å²) in [5, 5.41) is 2.84. The van der Waals surface area contributed by atoms with Crippen LogP contribution in [0.15, 0.2) is 60.7 Å². The molecule has 3 nitrogen and oxygen atoms in total. The molecule has 0 aliphatic rings. The zero-order valence-electron chi connectivity index (χ0n) is 13.8. The maximum atomic E-state index is 13.0. The first kappa shape index (κ1) is 17.2. The largest absolute Gasteiger partial charge is 0.492 e. The van der Waals surface area contributed by atoms with E-state index in [0.717, 1.165) is 21.8 Å².